The number of carbonyl (C=O) groups excluding carboxylic acids is 2. The van der Waals surface area contributed by atoms with Crippen LogP contribution in [0.15, 0.2) is 114 Å². The molecule has 0 bridgehead atoms. The molecule has 0 aromatic heterocycles. The molecule has 2 amide bonds. The number of carbonyl (C=O) groups is 2. The molecular weight excluding hydrogens is 552 g/mol. The number of nitrogens with one attached hydrogen (secondary N) is 2. The van der Waals surface area contributed by atoms with Gasteiger partial charge in [0.15, 0.2) is 6.10 Å². The number of amides is 2. The maximum Gasteiger partial charge on any atom is 0.408 e. The molecule has 4 rings (SSSR count). The van der Waals surface area contributed by atoms with Gasteiger partial charge >= 0.3 is 6.09 Å². The smallest absolute Gasteiger partial charge is 0.408 e. The Kier molecular flexibility index (Phi) is 9.64. The van der Waals surface area contributed by atoms with Crippen LogP contribution in [-0.2, 0) is 32.6 Å². The second-order valence-electron chi connectivity index (χ2n) is 10.8. The first kappa shape index (κ1) is 30.3. The molecular formula is C33H34N2O6S. The summed E-state index contributed by atoms with van der Waals surface area (Å²) in [4.78, 5) is 25.5. The standard InChI is InChI=1S/C33H34N2O6S/c1-33(2,3)34-32(37)41-30(31(36)35-42(38,39)29-12-8-5-9-13-29)22-24-16-20-28(21-17-24)40-23-25-14-18-27(19-15-25)26-10-6-4-7-11-26/h4-21,30H,22-23H2,1-3H3,(H,34,37)(H,35,36)/t30-/m0/s1. The highest BCUT2D eigenvalue weighted by atomic mass is 32.2. The minimum atomic E-state index is -4.16. The summed E-state index contributed by atoms with van der Waals surface area (Å²) in [6.45, 7) is 5.66. The lowest BCUT2D eigenvalue weighted by Crippen LogP contribution is -2.47. The van der Waals surface area contributed by atoms with Gasteiger partial charge in [0, 0.05) is 12.0 Å². The van der Waals surface area contributed by atoms with Crippen molar-refractivity contribution in [2.24, 2.45) is 0 Å². The summed E-state index contributed by atoms with van der Waals surface area (Å²) in [5.74, 6) is -0.341. The Bertz CT molecular complexity index is 1580. The molecule has 218 valence electrons. The monoisotopic (exact) mass is 586 g/mol. The molecule has 0 unspecified atom stereocenters. The van der Waals surface area contributed by atoms with Crippen molar-refractivity contribution in [2.75, 3.05) is 0 Å². The van der Waals surface area contributed by atoms with Gasteiger partial charge in [0.1, 0.15) is 12.4 Å². The summed E-state index contributed by atoms with van der Waals surface area (Å²) in [5.41, 5.74) is 3.31. The topological polar surface area (TPSA) is 111 Å². The van der Waals surface area contributed by atoms with Gasteiger partial charge in [0.2, 0.25) is 0 Å². The molecule has 0 aliphatic rings. The van der Waals surface area contributed by atoms with Crippen molar-refractivity contribution in [1.29, 1.82) is 0 Å². The van der Waals surface area contributed by atoms with Gasteiger partial charge in [-0.25, -0.2) is 17.9 Å². The largest absolute Gasteiger partial charge is 0.489 e. The second-order valence-corrected chi connectivity index (χ2v) is 12.4. The van der Waals surface area contributed by atoms with Gasteiger partial charge in [-0.05, 0) is 67.3 Å². The van der Waals surface area contributed by atoms with Crippen molar-refractivity contribution in [3.05, 3.63) is 120 Å². The molecule has 0 saturated carbocycles. The van der Waals surface area contributed by atoms with E-state index in [2.05, 4.69) is 29.6 Å². The lowest BCUT2D eigenvalue weighted by molar-refractivity contribution is -0.127. The molecule has 0 fully saturated rings. The van der Waals surface area contributed by atoms with E-state index in [1.165, 1.54) is 12.1 Å². The van der Waals surface area contributed by atoms with Gasteiger partial charge in [-0.1, -0.05) is 84.9 Å². The van der Waals surface area contributed by atoms with Crippen LogP contribution >= 0.6 is 0 Å². The molecule has 2 N–H and O–H groups in total. The maximum atomic E-state index is 13.1. The normalized spacial score (nSPS) is 12.2. The Morgan fingerprint density at radius 1 is 0.738 bits per heavy atom. The van der Waals surface area contributed by atoms with E-state index in [0.717, 1.165) is 16.7 Å². The zero-order chi connectivity index (χ0) is 30.2. The van der Waals surface area contributed by atoms with Crippen LogP contribution < -0.4 is 14.8 Å². The number of sulfonamides is 1. The Labute approximate surface area is 246 Å². The number of hydrogen-bond donors (Lipinski definition) is 2. The fourth-order valence-corrected chi connectivity index (χ4v) is 5.07. The molecule has 0 aliphatic heterocycles. The second kappa shape index (κ2) is 13.4. The molecule has 9 heteroatoms. The summed E-state index contributed by atoms with van der Waals surface area (Å²) in [6, 6.07) is 32.7. The Balaban J connectivity index is 1.41. The Morgan fingerprint density at radius 2 is 1.29 bits per heavy atom. The number of benzene rings is 4. The van der Waals surface area contributed by atoms with Crippen LogP contribution in [0.2, 0.25) is 0 Å². The first-order chi connectivity index (χ1) is 20.0. The highest BCUT2D eigenvalue weighted by Crippen LogP contribution is 2.21. The zero-order valence-electron chi connectivity index (χ0n) is 23.7. The highest BCUT2D eigenvalue weighted by molar-refractivity contribution is 7.90. The molecule has 0 saturated heterocycles. The van der Waals surface area contributed by atoms with Gasteiger partial charge in [-0.15, -0.1) is 0 Å². The Hall–Kier alpha value is -4.63. The van der Waals surface area contributed by atoms with Gasteiger partial charge in [0.05, 0.1) is 4.90 Å². The van der Waals surface area contributed by atoms with Crippen LogP contribution in [0.1, 0.15) is 31.9 Å². The predicted octanol–water partition coefficient (Wildman–Crippen LogP) is 5.87. The van der Waals surface area contributed by atoms with E-state index in [9.17, 15) is 18.0 Å². The van der Waals surface area contributed by atoms with E-state index >= 15 is 0 Å². The first-order valence-corrected chi connectivity index (χ1v) is 14.9. The summed E-state index contributed by atoms with van der Waals surface area (Å²) in [5, 5.41) is 2.63. The van der Waals surface area contributed by atoms with E-state index in [1.807, 2.05) is 35.1 Å². The lowest BCUT2D eigenvalue weighted by atomic mass is 10.0. The van der Waals surface area contributed by atoms with Gasteiger partial charge in [0.25, 0.3) is 15.9 Å². The number of hydrogen-bond acceptors (Lipinski definition) is 6. The molecule has 0 heterocycles. The molecule has 0 aliphatic carbocycles. The van der Waals surface area contributed by atoms with E-state index in [0.29, 0.717) is 17.9 Å². The quantitative estimate of drug-likeness (QED) is 0.240. The number of alkyl carbamates (subject to hydrolysis) is 1. The fourth-order valence-electron chi connectivity index (χ4n) is 4.04. The van der Waals surface area contributed by atoms with Crippen molar-refractivity contribution < 1.29 is 27.5 Å². The van der Waals surface area contributed by atoms with Crippen molar-refractivity contribution >= 4 is 22.0 Å². The van der Waals surface area contributed by atoms with Crippen LogP contribution in [0.25, 0.3) is 11.1 Å². The van der Waals surface area contributed by atoms with E-state index in [4.69, 9.17) is 9.47 Å². The van der Waals surface area contributed by atoms with E-state index in [-0.39, 0.29) is 11.3 Å². The van der Waals surface area contributed by atoms with Crippen molar-refractivity contribution in [3.8, 4) is 16.9 Å². The summed E-state index contributed by atoms with van der Waals surface area (Å²) >= 11 is 0. The molecule has 42 heavy (non-hydrogen) atoms. The van der Waals surface area contributed by atoms with Gasteiger partial charge in [-0.2, -0.15) is 0 Å². The van der Waals surface area contributed by atoms with Crippen LogP contribution in [0.3, 0.4) is 0 Å². The molecule has 0 spiro atoms. The average molecular weight is 587 g/mol. The molecule has 0 radical (unpaired) electrons. The lowest BCUT2D eigenvalue weighted by Gasteiger charge is -2.23. The molecule has 4 aromatic rings. The zero-order valence-corrected chi connectivity index (χ0v) is 24.6. The third-order valence-electron chi connectivity index (χ3n) is 6.12. The number of rotatable bonds is 10. The maximum absolute atomic E-state index is 13.1. The van der Waals surface area contributed by atoms with Crippen molar-refractivity contribution in [1.82, 2.24) is 10.0 Å². The average Bonchev–Trinajstić information content (AvgIpc) is 2.96. The third-order valence-corrected chi connectivity index (χ3v) is 7.48. The van der Waals surface area contributed by atoms with Crippen LogP contribution in [0.5, 0.6) is 5.75 Å². The summed E-state index contributed by atoms with van der Waals surface area (Å²) < 4.78 is 38.8. The molecule has 1 atom stereocenters. The van der Waals surface area contributed by atoms with Crippen LogP contribution in [0, 0.1) is 0 Å². The van der Waals surface area contributed by atoms with Crippen LogP contribution in [-0.4, -0.2) is 32.1 Å². The van der Waals surface area contributed by atoms with E-state index in [1.54, 1.807) is 63.2 Å². The first-order valence-electron chi connectivity index (χ1n) is 13.5. The Morgan fingerprint density at radius 3 is 1.88 bits per heavy atom. The molecule has 8 nitrogen and oxygen atoms in total. The molecule has 4 aromatic carbocycles. The van der Waals surface area contributed by atoms with Crippen molar-refractivity contribution in [3.63, 3.8) is 0 Å². The minimum absolute atomic E-state index is 0.0467. The highest BCUT2D eigenvalue weighted by Gasteiger charge is 2.29. The third kappa shape index (κ3) is 8.94. The summed E-state index contributed by atoms with van der Waals surface area (Å²) in [7, 11) is -4.16. The van der Waals surface area contributed by atoms with Crippen molar-refractivity contribution in [2.45, 2.75) is 50.3 Å². The summed E-state index contributed by atoms with van der Waals surface area (Å²) in [6.07, 6.45) is -2.28. The van der Waals surface area contributed by atoms with Gasteiger partial charge in [-0.3, -0.25) is 4.79 Å². The minimum Gasteiger partial charge on any atom is -0.489 e. The fraction of sp³-hybridized carbons (Fsp3) is 0.212. The SMILES string of the molecule is CC(C)(C)NC(=O)O[C@@H](Cc1ccc(OCc2ccc(-c3ccccc3)cc2)cc1)C(=O)NS(=O)(=O)c1ccccc1. The predicted molar refractivity (Wildman–Crippen MR) is 161 cm³/mol. The van der Waals surface area contributed by atoms with E-state index < -0.39 is 33.7 Å². The number of ether oxygens (including phenoxy) is 2. The van der Waals surface area contributed by atoms with Crippen LogP contribution in [0.4, 0.5) is 4.79 Å². The van der Waals surface area contributed by atoms with Gasteiger partial charge < -0.3 is 14.8 Å².